The number of para-hydroxylation sites is 2. The second kappa shape index (κ2) is 8.95. The van der Waals surface area contributed by atoms with E-state index in [2.05, 4.69) is 21.9 Å². The maximum Gasteiger partial charge on any atom is 0.387 e. The molecule has 1 N–H and O–H groups in total. The Balaban J connectivity index is 1.67. The van der Waals surface area contributed by atoms with Gasteiger partial charge in [0.2, 0.25) is 5.91 Å². The molecule has 6 heteroatoms. The summed E-state index contributed by atoms with van der Waals surface area (Å²) in [4.78, 5) is 14.7. The lowest BCUT2D eigenvalue weighted by atomic mass is 10.1. The van der Waals surface area contributed by atoms with Gasteiger partial charge in [0, 0.05) is 12.6 Å². The van der Waals surface area contributed by atoms with Gasteiger partial charge < -0.3 is 10.1 Å². The summed E-state index contributed by atoms with van der Waals surface area (Å²) in [5, 5.41) is 2.71. The molecule has 1 aliphatic rings. The van der Waals surface area contributed by atoms with E-state index in [4.69, 9.17) is 0 Å². The number of hydrogen-bond acceptors (Lipinski definition) is 3. The van der Waals surface area contributed by atoms with E-state index in [1.165, 1.54) is 18.9 Å². The van der Waals surface area contributed by atoms with Gasteiger partial charge in [-0.25, -0.2) is 0 Å². The number of benzene rings is 2. The predicted molar refractivity (Wildman–Crippen MR) is 101 cm³/mol. The molecule has 3 rings (SSSR count). The molecule has 1 atom stereocenters. The molecule has 0 saturated heterocycles. The summed E-state index contributed by atoms with van der Waals surface area (Å²) >= 11 is 0. The number of amides is 1. The Bertz CT molecular complexity index is 751. The molecule has 0 aromatic heterocycles. The van der Waals surface area contributed by atoms with E-state index < -0.39 is 6.61 Å². The van der Waals surface area contributed by atoms with Crippen LogP contribution in [0, 0.1) is 5.92 Å². The first kappa shape index (κ1) is 19.3. The van der Waals surface area contributed by atoms with Crippen LogP contribution in [0.4, 0.5) is 14.5 Å². The Kier molecular flexibility index (Phi) is 6.40. The number of alkyl halides is 2. The second-order valence-electron chi connectivity index (χ2n) is 6.89. The third-order valence-electron chi connectivity index (χ3n) is 4.83. The molecule has 1 saturated carbocycles. The molecule has 1 aliphatic carbocycles. The van der Waals surface area contributed by atoms with Crippen molar-refractivity contribution in [3.05, 3.63) is 60.2 Å². The molecule has 1 unspecified atom stereocenters. The summed E-state index contributed by atoms with van der Waals surface area (Å²) in [6, 6.07) is 16.5. The van der Waals surface area contributed by atoms with Gasteiger partial charge in [-0.2, -0.15) is 8.78 Å². The third kappa shape index (κ3) is 5.76. The van der Waals surface area contributed by atoms with Crippen molar-refractivity contribution in [3.8, 4) is 5.75 Å². The van der Waals surface area contributed by atoms with Crippen LogP contribution in [0.3, 0.4) is 0 Å². The van der Waals surface area contributed by atoms with Crippen molar-refractivity contribution >= 4 is 11.6 Å². The number of carbonyl (C=O) groups excluding carboxylic acids is 1. The zero-order valence-electron chi connectivity index (χ0n) is 15.3. The number of halogens is 2. The fourth-order valence-electron chi connectivity index (χ4n) is 3.18. The molecule has 1 fully saturated rings. The van der Waals surface area contributed by atoms with Gasteiger partial charge >= 0.3 is 6.61 Å². The number of nitrogens with zero attached hydrogens (tertiary/aromatic N) is 1. The lowest BCUT2D eigenvalue weighted by Crippen LogP contribution is -2.40. The van der Waals surface area contributed by atoms with E-state index in [-0.39, 0.29) is 29.9 Å². The van der Waals surface area contributed by atoms with E-state index in [1.807, 2.05) is 30.3 Å². The van der Waals surface area contributed by atoms with Crippen LogP contribution < -0.4 is 10.1 Å². The molecule has 1 amide bonds. The van der Waals surface area contributed by atoms with Gasteiger partial charge in [-0.1, -0.05) is 42.5 Å². The van der Waals surface area contributed by atoms with Crippen LogP contribution in [0.5, 0.6) is 5.75 Å². The first-order valence-electron chi connectivity index (χ1n) is 9.14. The predicted octanol–water partition coefficient (Wildman–Crippen LogP) is 4.53. The van der Waals surface area contributed by atoms with Crippen LogP contribution in [0.15, 0.2) is 54.6 Å². The standard InChI is InChI=1S/C21H24F2N2O2/c1-15(17-11-12-17)25(13-16-7-3-2-4-8-16)14-20(26)24-18-9-5-6-10-19(18)27-21(22)23/h2-10,15,17,21H,11-14H2,1H3,(H,24,26). The van der Waals surface area contributed by atoms with Crippen LogP contribution in [-0.4, -0.2) is 30.0 Å². The zero-order chi connectivity index (χ0) is 19.2. The number of carbonyl (C=O) groups is 1. The average Bonchev–Trinajstić information content (AvgIpc) is 3.48. The zero-order valence-corrected chi connectivity index (χ0v) is 15.3. The second-order valence-corrected chi connectivity index (χ2v) is 6.89. The SMILES string of the molecule is CC(C1CC1)N(CC(=O)Nc1ccccc1OC(F)F)Cc1ccccc1. The fourth-order valence-corrected chi connectivity index (χ4v) is 3.18. The largest absolute Gasteiger partial charge is 0.433 e. The van der Waals surface area contributed by atoms with E-state index >= 15 is 0 Å². The Morgan fingerprint density at radius 2 is 1.81 bits per heavy atom. The summed E-state index contributed by atoms with van der Waals surface area (Å²) in [5.74, 6) is 0.324. The first-order valence-corrected chi connectivity index (χ1v) is 9.14. The van der Waals surface area contributed by atoms with Gasteiger partial charge in [-0.3, -0.25) is 9.69 Å². The van der Waals surface area contributed by atoms with Crippen molar-refractivity contribution < 1.29 is 18.3 Å². The molecule has 4 nitrogen and oxygen atoms in total. The molecule has 0 heterocycles. The maximum atomic E-state index is 12.6. The number of nitrogens with one attached hydrogen (secondary N) is 1. The Hall–Kier alpha value is -2.47. The van der Waals surface area contributed by atoms with Gasteiger partial charge in [0.05, 0.1) is 12.2 Å². The van der Waals surface area contributed by atoms with E-state index in [1.54, 1.807) is 18.2 Å². The molecule has 2 aromatic carbocycles. The summed E-state index contributed by atoms with van der Waals surface area (Å²) in [6.07, 6.45) is 2.36. The maximum absolute atomic E-state index is 12.6. The van der Waals surface area contributed by atoms with Crippen molar-refractivity contribution in [2.24, 2.45) is 5.92 Å². The van der Waals surface area contributed by atoms with Crippen molar-refractivity contribution in [2.45, 2.75) is 39.0 Å². The number of hydrogen-bond donors (Lipinski definition) is 1. The van der Waals surface area contributed by atoms with Crippen molar-refractivity contribution in [2.75, 3.05) is 11.9 Å². The highest BCUT2D eigenvalue weighted by atomic mass is 19.3. The van der Waals surface area contributed by atoms with Gasteiger partial charge in [0.15, 0.2) is 0 Å². The molecule has 0 bridgehead atoms. The highest BCUT2D eigenvalue weighted by Gasteiger charge is 2.32. The Morgan fingerprint density at radius 3 is 2.48 bits per heavy atom. The van der Waals surface area contributed by atoms with Crippen molar-refractivity contribution in [1.29, 1.82) is 0 Å². The van der Waals surface area contributed by atoms with Crippen LogP contribution in [-0.2, 0) is 11.3 Å². The quantitative estimate of drug-likeness (QED) is 0.701. The van der Waals surface area contributed by atoms with Gasteiger partial charge in [-0.15, -0.1) is 0 Å². The smallest absolute Gasteiger partial charge is 0.387 e. The van der Waals surface area contributed by atoms with E-state index in [0.717, 1.165) is 5.56 Å². The first-order chi connectivity index (χ1) is 13.0. The lowest BCUT2D eigenvalue weighted by molar-refractivity contribution is -0.118. The highest BCUT2D eigenvalue weighted by Crippen LogP contribution is 2.35. The monoisotopic (exact) mass is 374 g/mol. The third-order valence-corrected chi connectivity index (χ3v) is 4.83. The van der Waals surface area contributed by atoms with Gasteiger partial charge in [0.1, 0.15) is 5.75 Å². The van der Waals surface area contributed by atoms with Gasteiger partial charge in [-0.05, 0) is 43.4 Å². The van der Waals surface area contributed by atoms with Crippen LogP contribution in [0.25, 0.3) is 0 Å². The lowest BCUT2D eigenvalue weighted by Gasteiger charge is -2.29. The summed E-state index contributed by atoms with van der Waals surface area (Å²) in [6.45, 7) is 0.0610. The van der Waals surface area contributed by atoms with E-state index in [0.29, 0.717) is 12.5 Å². The molecular weight excluding hydrogens is 350 g/mol. The van der Waals surface area contributed by atoms with Crippen molar-refractivity contribution in [3.63, 3.8) is 0 Å². The molecule has 0 radical (unpaired) electrons. The molecule has 2 aromatic rings. The van der Waals surface area contributed by atoms with Crippen LogP contribution >= 0.6 is 0 Å². The molecule has 27 heavy (non-hydrogen) atoms. The molecular formula is C21H24F2N2O2. The minimum atomic E-state index is -2.94. The topological polar surface area (TPSA) is 41.6 Å². The van der Waals surface area contributed by atoms with Crippen LogP contribution in [0.2, 0.25) is 0 Å². The normalized spacial score (nSPS) is 15.0. The summed E-state index contributed by atoms with van der Waals surface area (Å²) < 4.78 is 29.6. The van der Waals surface area contributed by atoms with Crippen LogP contribution in [0.1, 0.15) is 25.3 Å². The fraction of sp³-hybridized carbons (Fsp3) is 0.381. The van der Waals surface area contributed by atoms with E-state index in [9.17, 15) is 13.6 Å². The van der Waals surface area contributed by atoms with Crippen molar-refractivity contribution in [1.82, 2.24) is 4.90 Å². The highest BCUT2D eigenvalue weighted by molar-refractivity contribution is 5.93. The Morgan fingerprint density at radius 1 is 1.15 bits per heavy atom. The summed E-state index contributed by atoms with van der Waals surface area (Å²) in [5.41, 5.74) is 1.39. The average molecular weight is 374 g/mol. The minimum absolute atomic E-state index is 0.0364. The van der Waals surface area contributed by atoms with Gasteiger partial charge in [0.25, 0.3) is 0 Å². The summed E-state index contributed by atoms with van der Waals surface area (Å²) in [7, 11) is 0. The number of ether oxygens (including phenoxy) is 1. The Labute approximate surface area is 158 Å². The number of rotatable bonds is 9. The minimum Gasteiger partial charge on any atom is -0.433 e. The molecule has 0 aliphatic heterocycles. The molecule has 144 valence electrons. The molecule has 0 spiro atoms. The number of anilines is 1.